The number of carbonyl (C=O) groups excluding carboxylic acids is 1. The molecular weight excluding hydrogens is 168 g/mol. The number of carbonyl (C=O) groups is 1. The molecule has 5 nitrogen and oxygen atoms in total. The highest BCUT2D eigenvalue weighted by Gasteiger charge is 2.11. The van der Waals surface area contributed by atoms with E-state index in [9.17, 15) is 4.79 Å². The van der Waals surface area contributed by atoms with Crippen molar-refractivity contribution in [3.8, 4) is 0 Å². The zero-order valence-electron chi connectivity index (χ0n) is 6.82. The van der Waals surface area contributed by atoms with Gasteiger partial charge in [-0.3, -0.25) is 14.9 Å². The van der Waals surface area contributed by atoms with Gasteiger partial charge in [0.05, 0.1) is 12.1 Å². The van der Waals surface area contributed by atoms with Crippen LogP contribution in [0.2, 0.25) is 0 Å². The van der Waals surface area contributed by atoms with Crippen LogP contribution in [0.1, 0.15) is 10.5 Å². The molecule has 66 valence electrons. The summed E-state index contributed by atoms with van der Waals surface area (Å²) in [4.78, 5) is 15.2. The average molecular weight is 176 g/mol. The summed E-state index contributed by atoms with van der Waals surface area (Å²) >= 11 is 0. The Labute approximate surface area is 74.0 Å². The van der Waals surface area contributed by atoms with Crippen LogP contribution in [-0.2, 0) is 0 Å². The Morgan fingerprint density at radius 3 is 3.23 bits per heavy atom. The van der Waals surface area contributed by atoms with Crippen molar-refractivity contribution < 1.29 is 4.79 Å². The maximum Gasteiger partial charge on any atom is 0.197 e. The topological polar surface area (TPSA) is 84.7 Å². The number of Topliss-reactive ketones (excluding diaryl/α,β-unsaturated/α-hetero) is 1. The fraction of sp³-hybridized carbons (Fsp3) is 0.125. The SMILES string of the molecule is NCC(=O)c1n[nH]c2ccncc12. The molecule has 0 radical (unpaired) electrons. The minimum atomic E-state index is -0.181. The predicted molar refractivity (Wildman–Crippen MR) is 47.3 cm³/mol. The molecule has 0 aliphatic carbocycles. The van der Waals surface area contributed by atoms with E-state index in [4.69, 9.17) is 5.73 Å². The number of nitrogens with zero attached hydrogens (tertiary/aromatic N) is 2. The number of hydrogen-bond donors (Lipinski definition) is 2. The van der Waals surface area contributed by atoms with Crippen LogP contribution < -0.4 is 5.73 Å². The molecule has 0 unspecified atom stereocenters. The van der Waals surface area contributed by atoms with E-state index in [1.54, 1.807) is 18.5 Å². The molecule has 0 spiro atoms. The first-order valence-corrected chi connectivity index (χ1v) is 3.84. The maximum atomic E-state index is 11.3. The monoisotopic (exact) mass is 176 g/mol. The van der Waals surface area contributed by atoms with Crippen LogP contribution in [0.15, 0.2) is 18.5 Å². The molecule has 0 fully saturated rings. The van der Waals surface area contributed by atoms with Gasteiger partial charge < -0.3 is 5.73 Å². The third kappa shape index (κ3) is 1.19. The Kier molecular flexibility index (Phi) is 1.79. The van der Waals surface area contributed by atoms with Crippen LogP contribution in [0, 0.1) is 0 Å². The Bertz CT molecular complexity index is 448. The summed E-state index contributed by atoms with van der Waals surface area (Å²) in [6, 6.07) is 1.76. The van der Waals surface area contributed by atoms with Gasteiger partial charge in [-0.2, -0.15) is 5.10 Å². The molecule has 2 aromatic rings. The molecule has 0 bridgehead atoms. The van der Waals surface area contributed by atoms with Gasteiger partial charge in [0, 0.05) is 17.8 Å². The molecule has 0 saturated carbocycles. The average Bonchev–Trinajstić information content (AvgIpc) is 2.60. The molecule has 0 aliphatic rings. The normalized spacial score (nSPS) is 10.5. The molecule has 2 heterocycles. The predicted octanol–water partition coefficient (Wildman–Crippen LogP) is 0.0993. The summed E-state index contributed by atoms with van der Waals surface area (Å²) in [7, 11) is 0. The zero-order valence-corrected chi connectivity index (χ0v) is 6.82. The largest absolute Gasteiger partial charge is 0.324 e. The lowest BCUT2D eigenvalue weighted by atomic mass is 10.2. The third-order valence-corrected chi connectivity index (χ3v) is 1.81. The lowest BCUT2D eigenvalue weighted by Gasteiger charge is -1.90. The van der Waals surface area contributed by atoms with Crippen molar-refractivity contribution in [1.29, 1.82) is 0 Å². The number of nitrogens with two attached hydrogens (primary N) is 1. The van der Waals surface area contributed by atoms with E-state index in [2.05, 4.69) is 15.2 Å². The third-order valence-electron chi connectivity index (χ3n) is 1.81. The molecule has 2 rings (SSSR count). The molecule has 0 saturated heterocycles. The van der Waals surface area contributed by atoms with E-state index in [0.717, 1.165) is 10.9 Å². The standard InChI is InChI=1S/C8H8N4O/c9-3-7(13)8-5-4-10-2-1-6(5)11-12-8/h1-2,4H,3,9H2,(H,11,12). The quantitative estimate of drug-likeness (QED) is 0.635. The van der Waals surface area contributed by atoms with Crippen LogP contribution in [0.4, 0.5) is 0 Å². The van der Waals surface area contributed by atoms with Gasteiger partial charge in [0.1, 0.15) is 5.69 Å². The first-order chi connectivity index (χ1) is 6.33. The lowest BCUT2D eigenvalue weighted by molar-refractivity contribution is 0.0998. The summed E-state index contributed by atoms with van der Waals surface area (Å²) in [5, 5.41) is 7.33. The number of ketones is 1. The highest BCUT2D eigenvalue weighted by atomic mass is 16.1. The van der Waals surface area contributed by atoms with Crippen molar-refractivity contribution in [2.45, 2.75) is 0 Å². The summed E-state index contributed by atoms with van der Waals surface area (Å²) in [5.41, 5.74) is 6.39. The molecule has 0 aromatic carbocycles. The maximum absolute atomic E-state index is 11.3. The van der Waals surface area contributed by atoms with Crippen molar-refractivity contribution in [3.05, 3.63) is 24.2 Å². The second-order valence-corrected chi connectivity index (χ2v) is 2.62. The number of aromatic nitrogens is 3. The molecule has 0 atom stereocenters. The van der Waals surface area contributed by atoms with E-state index in [-0.39, 0.29) is 12.3 Å². The van der Waals surface area contributed by atoms with E-state index in [1.807, 2.05) is 0 Å². The fourth-order valence-corrected chi connectivity index (χ4v) is 1.17. The molecular formula is C8H8N4O. The van der Waals surface area contributed by atoms with E-state index < -0.39 is 0 Å². The van der Waals surface area contributed by atoms with Crippen molar-refractivity contribution >= 4 is 16.7 Å². The second-order valence-electron chi connectivity index (χ2n) is 2.62. The van der Waals surface area contributed by atoms with Crippen LogP contribution in [0.3, 0.4) is 0 Å². The minimum absolute atomic E-state index is 0.0329. The van der Waals surface area contributed by atoms with Crippen LogP contribution in [0.25, 0.3) is 10.9 Å². The number of pyridine rings is 1. The Morgan fingerprint density at radius 2 is 2.46 bits per heavy atom. The van der Waals surface area contributed by atoms with E-state index in [0.29, 0.717) is 5.69 Å². The van der Waals surface area contributed by atoms with Gasteiger partial charge in [0.15, 0.2) is 5.78 Å². The van der Waals surface area contributed by atoms with Crippen molar-refractivity contribution in [1.82, 2.24) is 15.2 Å². The summed E-state index contributed by atoms with van der Waals surface area (Å²) in [6.07, 6.45) is 3.24. The van der Waals surface area contributed by atoms with Crippen molar-refractivity contribution in [3.63, 3.8) is 0 Å². The zero-order chi connectivity index (χ0) is 9.26. The number of hydrogen-bond acceptors (Lipinski definition) is 4. The Hall–Kier alpha value is -1.75. The summed E-state index contributed by atoms with van der Waals surface area (Å²) in [5.74, 6) is -0.181. The van der Waals surface area contributed by atoms with E-state index in [1.165, 1.54) is 0 Å². The number of fused-ring (bicyclic) bond motifs is 1. The highest BCUT2D eigenvalue weighted by molar-refractivity contribution is 6.06. The van der Waals surface area contributed by atoms with Crippen molar-refractivity contribution in [2.75, 3.05) is 6.54 Å². The molecule has 3 N–H and O–H groups in total. The Morgan fingerprint density at radius 1 is 1.62 bits per heavy atom. The van der Waals surface area contributed by atoms with Gasteiger partial charge in [-0.05, 0) is 6.07 Å². The number of H-pyrrole nitrogens is 1. The highest BCUT2D eigenvalue weighted by Crippen LogP contribution is 2.13. The molecule has 5 heteroatoms. The minimum Gasteiger partial charge on any atom is -0.324 e. The van der Waals surface area contributed by atoms with Gasteiger partial charge >= 0.3 is 0 Å². The van der Waals surface area contributed by atoms with Gasteiger partial charge in [-0.15, -0.1) is 0 Å². The lowest BCUT2D eigenvalue weighted by Crippen LogP contribution is -2.14. The molecule has 0 aliphatic heterocycles. The Balaban J connectivity index is 2.64. The summed E-state index contributed by atoms with van der Waals surface area (Å²) in [6.45, 7) is -0.0329. The van der Waals surface area contributed by atoms with Crippen LogP contribution in [-0.4, -0.2) is 27.5 Å². The van der Waals surface area contributed by atoms with Gasteiger partial charge in [-0.1, -0.05) is 0 Å². The smallest absolute Gasteiger partial charge is 0.197 e. The molecule has 2 aromatic heterocycles. The number of rotatable bonds is 2. The van der Waals surface area contributed by atoms with Gasteiger partial charge in [-0.25, -0.2) is 0 Å². The molecule has 0 amide bonds. The van der Waals surface area contributed by atoms with Crippen molar-refractivity contribution in [2.24, 2.45) is 5.73 Å². The van der Waals surface area contributed by atoms with E-state index >= 15 is 0 Å². The van der Waals surface area contributed by atoms with Crippen LogP contribution >= 0.6 is 0 Å². The molecule has 13 heavy (non-hydrogen) atoms. The number of nitrogens with one attached hydrogen (secondary N) is 1. The second kappa shape index (κ2) is 2.95. The fourth-order valence-electron chi connectivity index (χ4n) is 1.17. The van der Waals surface area contributed by atoms with Gasteiger partial charge in [0.2, 0.25) is 0 Å². The first-order valence-electron chi connectivity index (χ1n) is 3.84. The van der Waals surface area contributed by atoms with Crippen LogP contribution in [0.5, 0.6) is 0 Å². The number of aromatic amines is 1. The first kappa shape index (κ1) is 7.88. The van der Waals surface area contributed by atoms with Gasteiger partial charge in [0.25, 0.3) is 0 Å². The summed E-state index contributed by atoms with van der Waals surface area (Å²) < 4.78 is 0.